The topological polar surface area (TPSA) is 37.8 Å². The average Bonchev–Trinajstić information content (AvgIpc) is 2.95. The molecule has 0 aromatic carbocycles. The van der Waals surface area contributed by atoms with Gasteiger partial charge < -0.3 is 5.32 Å². The number of thiophene rings is 1. The van der Waals surface area contributed by atoms with Crippen LogP contribution in [0.5, 0.6) is 0 Å². The molecule has 0 radical (unpaired) electrons. The second-order valence-electron chi connectivity index (χ2n) is 3.67. The standard InChI is InChI=1S/C11H14BrN3S2/c1-3-8-11(17-15-14-8)9(13-2)6-10-7(12)4-5-16-10/h4-5,9,13H,3,6H2,1-2H3. The molecule has 3 nitrogen and oxygen atoms in total. The molecule has 0 saturated heterocycles. The number of likely N-dealkylation sites (N-methyl/N-ethyl adjacent to an activating group) is 1. The van der Waals surface area contributed by atoms with Gasteiger partial charge in [-0.2, -0.15) is 0 Å². The highest BCUT2D eigenvalue weighted by Crippen LogP contribution is 2.30. The summed E-state index contributed by atoms with van der Waals surface area (Å²) in [4.78, 5) is 2.62. The van der Waals surface area contributed by atoms with E-state index in [4.69, 9.17) is 0 Å². The van der Waals surface area contributed by atoms with E-state index in [-0.39, 0.29) is 0 Å². The highest BCUT2D eigenvalue weighted by molar-refractivity contribution is 9.10. The van der Waals surface area contributed by atoms with Crippen molar-refractivity contribution in [2.45, 2.75) is 25.8 Å². The van der Waals surface area contributed by atoms with E-state index in [1.807, 2.05) is 7.05 Å². The summed E-state index contributed by atoms with van der Waals surface area (Å²) in [5, 5.41) is 9.65. The van der Waals surface area contributed by atoms with Crippen LogP contribution in [-0.2, 0) is 12.8 Å². The van der Waals surface area contributed by atoms with Crippen LogP contribution in [0.3, 0.4) is 0 Å². The third-order valence-electron chi connectivity index (χ3n) is 2.67. The molecule has 2 heterocycles. The van der Waals surface area contributed by atoms with Crippen LogP contribution in [-0.4, -0.2) is 16.6 Å². The first kappa shape index (κ1) is 13.1. The highest BCUT2D eigenvalue weighted by Gasteiger charge is 2.18. The SMILES string of the molecule is CCc1nnsc1C(Cc1sccc1Br)NC. The molecule has 6 heteroatoms. The van der Waals surface area contributed by atoms with Gasteiger partial charge in [0, 0.05) is 21.8 Å². The molecule has 2 aromatic rings. The van der Waals surface area contributed by atoms with Crippen molar-refractivity contribution in [3.05, 3.63) is 31.4 Å². The smallest absolute Gasteiger partial charge is 0.0801 e. The Kier molecular flexibility index (Phi) is 4.67. The first-order valence-corrected chi connectivity index (χ1v) is 7.91. The fourth-order valence-corrected chi connectivity index (χ4v) is 4.11. The number of nitrogens with one attached hydrogen (secondary N) is 1. The molecule has 92 valence electrons. The predicted molar refractivity (Wildman–Crippen MR) is 76.8 cm³/mol. The number of aryl methyl sites for hydroxylation is 1. The summed E-state index contributed by atoms with van der Waals surface area (Å²) in [6.07, 6.45) is 1.92. The highest BCUT2D eigenvalue weighted by atomic mass is 79.9. The van der Waals surface area contributed by atoms with Gasteiger partial charge in [0.15, 0.2) is 0 Å². The van der Waals surface area contributed by atoms with Gasteiger partial charge in [-0.05, 0) is 52.4 Å². The molecule has 1 atom stereocenters. The summed E-state index contributed by atoms with van der Waals surface area (Å²) in [5.41, 5.74) is 1.11. The minimum Gasteiger partial charge on any atom is -0.312 e. The minimum absolute atomic E-state index is 0.305. The maximum absolute atomic E-state index is 4.18. The van der Waals surface area contributed by atoms with Gasteiger partial charge in [0.25, 0.3) is 0 Å². The molecule has 0 bridgehead atoms. The van der Waals surface area contributed by atoms with Crippen LogP contribution in [0, 0.1) is 0 Å². The normalized spacial score (nSPS) is 12.9. The third-order valence-corrected chi connectivity index (χ3v) is 5.49. The number of hydrogen-bond acceptors (Lipinski definition) is 5. The number of nitrogens with zero attached hydrogens (tertiary/aromatic N) is 2. The molecule has 0 fully saturated rings. The number of hydrogen-bond donors (Lipinski definition) is 1. The van der Waals surface area contributed by atoms with Gasteiger partial charge in [-0.15, -0.1) is 16.4 Å². The summed E-state index contributed by atoms with van der Waals surface area (Å²) in [6.45, 7) is 2.12. The van der Waals surface area contributed by atoms with E-state index in [1.165, 1.54) is 25.8 Å². The van der Waals surface area contributed by atoms with Crippen molar-refractivity contribution in [1.29, 1.82) is 0 Å². The van der Waals surface area contributed by atoms with Crippen LogP contribution in [0.1, 0.15) is 28.4 Å². The molecular weight excluding hydrogens is 318 g/mol. The molecule has 17 heavy (non-hydrogen) atoms. The van der Waals surface area contributed by atoms with E-state index < -0.39 is 0 Å². The van der Waals surface area contributed by atoms with Crippen LogP contribution in [0.25, 0.3) is 0 Å². The van der Waals surface area contributed by atoms with Gasteiger partial charge in [0.05, 0.1) is 10.6 Å². The van der Waals surface area contributed by atoms with E-state index in [0.29, 0.717) is 6.04 Å². The fourth-order valence-electron chi connectivity index (χ4n) is 1.71. The molecule has 0 amide bonds. The Bertz CT molecular complexity index is 481. The Morgan fingerprint density at radius 3 is 2.94 bits per heavy atom. The van der Waals surface area contributed by atoms with Crippen LogP contribution in [0.4, 0.5) is 0 Å². The number of rotatable bonds is 5. The van der Waals surface area contributed by atoms with Gasteiger partial charge in [-0.3, -0.25) is 0 Å². The van der Waals surface area contributed by atoms with Gasteiger partial charge in [-0.25, -0.2) is 0 Å². The molecule has 0 spiro atoms. The molecule has 1 N–H and O–H groups in total. The lowest BCUT2D eigenvalue weighted by atomic mass is 10.1. The van der Waals surface area contributed by atoms with Crippen molar-refractivity contribution in [3.63, 3.8) is 0 Å². The van der Waals surface area contributed by atoms with E-state index in [1.54, 1.807) is 11.3 Å². The summed E-state index contributed by atoms with van der Waals surface area (Å²) >= 11 is 6.86. The molecule has 1 unspecified atom stereocenters. The van der Waals surface area contributed by atoms with Crippen LogP contribution >= 0.6 is 38.8 Å². The maximum Gasteiger partial charge on any atom is 0.0801 e. The molecule has 0 aliphatic rings. The van der Waals surface area contributed by atoms with Gasteiger partial charge in [-0.1, -0.05) is 11.4 Å². The first-order chi connectivity index (χ1) is 8.26. The molecule has 2 aromatic heterocycles. The quantitative estimate of drug-likeness (QED) is 0.912. The van der Waals surface area contributed by atoms with Crippen molar-refractivity contribution < 1.29 is 0 Å². The summed E-state index contributed by atoms with van der Waals surface area (Å²) in [7, 11) is 1.99. The summed E-state index contributed by atoms with van der Waals surface area (Å²) < 4.78 is 5.25. The Hall–Kier alpha value is -0.300. The first-order valence-electron chi connectivity index (χ1n) is 5.46. The van der Waals surface area contributed by atoms with Crippen molar-refractivity contribution in [1.82, 2.24) is 14.9 Å². The van der Waals surface area contributed by atoms with Gasteiger partial charge in [0.2, 0.25) is 0 Å². The lowest BCUT2D eigenvalue weighted by Gasteiger charge is -2.14. The van der Waals surface area contributed by atoms with Crippen molar-refractivity contribution >= 4 is 38.8 Å². The molecular formula is C11H14BrN3S2. The van der Waals surface area contributed by atoms with E-state index in [0.717, 1.165) is 18.5 Å². The zero-order valence-electron chi connectivity index (χ0n) is 9.74. The largest absolute Gasteiger partial charge is 0.312 e. The lowest BCUT2D eigenvalue weighted by molar-refractivity contribution is 0.599. The van der Waals surface area contributed by atoms with Crippen molar-refractivity contribution in [3.8, 4) is 0 Å². The molecule has 0 aliphatic carbocycles. The summed E-state index contributed by atoms with van der Waals surface area (Å²) in [5.74, 6) is 0. The second kappa shape index (κ2) is 6.04. The monoisotopic (exact) mass is 331 g/mol. The predicted octanol–water partition coefficient (Wildman–Crippen LogP) is 3.43. The van der Waals surface area contributed by atoms with Crippen LogP contribution in [0.15, 0.2) is 15.9 Å². The Morgan fingerprint density at radius 1 is 1.53 bits per heavy atom. The van der Waals surface area contributed by atoms with E-state index in [9.17, 15) is 0 Å². The zero-order valence-corrected chi connectivity index (χ0v) is 13.0. The summed E-state index contributed by atoms with van der Waals surface area (Å²) in [6, 6.07) is 2.40. The lowest BCUT2D eigenvalue weighted by Crippen LogP contribution is -2.18. The maximum atomic E-state index is 4.18. The average molecular weight is 332 g/mol. The second-order valence-corrected chi connectivity index (χ2v) is 6.32. The molecule has 2 rings (SSSR count). The van der Waals surface area contributed by atoms with E-state index in [2.05, 4.69) is 49.2 Å². The zero-order chi connectivity index (χ0) is 12.3. The number of halogens is 1. The third kappa shape index (κ3) is 2.93. The Balaban J connectivity index is 2.20. The van der Waals surface area contributed by atoms with Gasteiger partial charge in [0.1, 0.15) is 0 Å². The minimum atomic E-state index is 0.305. The molecule has 0 aliphatic heterocycles. The fraction of sp³-hybridized carbons (Fsp3) is 0.455. The van der Waals surface area contributed by atoms with Gasteiger partial charge >= 0.3 is 0 Å². The Labute approximate surface area is 118 Å². The van der Waals surface area contributed by atoms with Crippen LogP contribution in [0.2, 0.25) is 0 Å². The van der Waals surface area contributed by atoms with Crippen molar-refractivity contribution in [2.75, 3.05) is 7.05 Å². The van der Waals surface area contributed by atoms with E-state index >= 15 is 0 Å². The molecule has 0 saturated carbocycles. The van der Waals surface area contributed by atoms with Crippen LogP contribution < -0.4 is 5.32 Å². The van der Waals surface area contributed by atoms with Crippen molar-refractivity contribution in [2.24, 2.45) is 0 Å². The Morgan fingerprint density at radius 2 is 2.35 bits per heavy atom. The number of aromatic nitrogens is 2.